The number of aromatic nitrogens is 2. The third kappa shape index (κ3) is 2.60. The zero-order chi connectivity index (χ0) is 13.8. The molecule has 1 heterocycles. The van der Waals surface area contributed by atoms with Crippen LogP contribution in [0, 0.1) is 22.5 Å². The van der Waals surface area contributed by atoms with Gasteiger partial charge < -0.3 is 5.32 Å². The normalized spacial score (nSPS) is 11.8. The number of anilines is 1. The van der Waals surface area contributed by atoms with Crippen LogP contribution >= 0.6 is 0 Å². The Labute approximate surface area is 110 Å². The monoisotopic (exact) mass is 256 g/mol. The van der Waals surface area contributed by atoms with Crippen molar-refractivity contribution in [1.29, 1.82) is 0 Å². The molecule has 2 aromatic rings. The standard InChI is InChI=1S/C13H12N4O2/c1-3-9(4-2)16-13-11-7-10(17(18)19)5-6-12(11)14-8-15-13/h1,5-9H,4H2,2H3,(H,14,15,16). The predicted molar refractivity (Wildman–Crippen MR) is 72.7 cm³/mol. The Bertz CT molecular complexity index is 663. The maximum absolute atomic E-state index is 10.8. The van der Waals surface area contributed by atoms with Gasteiger partial charge in [0.25, 0.3) is 5.69 Å². The van der Waals surface area contributed by atoms with Gasteiger partial charge in [0.1, 0.15) is 12.1 Å². The molecule has 2 rings (SSSR count). The van der Waals surface area contributed by atoms with Gasteiger partial charge in [0.05, 0.1) is 16.5 Å². The molecule has 6 heteroatoms. The quantitative estimate of drug-likeness (QED) is 0.516. The SMILES string of the molecule is C#CC(CC)Nc1ncnc2ccc([N+](=O)[O-])cc12. The lowest BCUT2D eigenvalue weighted by Crippen LogP contribution is -2.16. The number of fused-ring (bicyclic) bond motifs is 1. The minimum atomic E-state index is -0.450. The van der Waals surface area contributed by atoms with Gasteiger partial charge in [-0.25, -0.2) is 9.97 Å². The summed E-state index contributed by atoms with van der Waals surface area (Å²) in [4.78, 5) is 18.5. The van der Waals surface area contributed by atoms with E-state index in [1.807, 2.05) is 6.92 Å². The van der Waals surface area contributed by atoms with Crippen molar-refractivity contribution in [2.45, 2.75) is 19.4 Å². The van der Waals surface area contributed by atoms with E-state index in [4.69, 9.17) is 6.42 Å². The second-order valence-electron chi connectivity index (χ2n) is 3.95. The molecule has 0 aliphatic heterocycles. The molecule has 1 aromatic carbocycles. The Hall–Kier alpha value is -2.68. The van der Waals surface area contributed by atoms with Gasteiger partial charge in [0.2, 0.25) is 0 Å². The van der Waals surface area contributed by atoms with Gasteiger partial charge in [-0.15, -0.1) is 6.42 Å². The maximum atomic E-state index is 10.8. The summed E-state index contributed by atoms with van der Waals surface area (Å²) in [5.74, 6) is 3.11. The lowest BCUT2D eigenvalue weighted by molar-refractivity contribution is -0.384. The van der Waals surface area contributed by atoms with Crippen molar-refractivity contribution in [3.05, 3.63) is 34.6 Å². The Morgan fingerprint density at radius 3 is 2.95 bits per heavy atom. The van der Waals surface area contributed by atoms with E-state index in [0.29, 0.717) is 16.7 Å². The number of terminal acetylenes is 1. The lowest BCUT2D eigenvalue weighted by Gasteiger charge is -2.12. The first-order chi connectivity index (χ1) is 9.15. The Morgan fingerprint density at radius 1 is 1.53 bits per heavy atom. The molecule has 1 aromatic heterocycles. The summed E-state index contributed by atoms with van der Waals surface area (Å²) in [6.45, 7) is 1.95. The summed E-state index contributed by atoms with van der Waals surface area (Å²) in [5.41, 5.74) is 0.633. The Morgan fingerprint density at radius 2 is 2.32 bits per heavy atom. The van der Waals surface area contributed by atoms with Crippen LogP contribution in [-0.4, -0.2) is 20.9 Å². The molecule has 0 fully saturated rings. The van der Waals surface area contributed by atoms with E-state index >= 15 is 0 Å². The first kappa shape index (κ1) is 12.8. The topological polar surface area (TPSA) is 81.0 Å². The van der Waals surface area contributed by atoms with Crippen molar-refractivity contribution < 1.29 is 4.92 Å². The summed E-state index contributed by atoms with van der Waals surface area (Å²) in [6, 6.07) is 4.28. The molecule has 96 valence electrons. The highest BCUT2D eigenvalue weighted by Gasteiger charge is 2.12. The number of nitrogens with one attached hydrogen (secondary N) is 1. The summed E-state index contributed by atoms with van der Waals surface area (Å²) in [7, 11) is 0. The third-order valence-corrected chi connectivity index (χ3v) is 2.75. The average Bonchev–Trinajstić information content (AvgIpc) is 2.44. The molecular formula is C13H12N4O2. The summed E-state index contributed by atoms with van der Waals surface area (Å²) >= 11 is 0. The van der Waals surface area contributed by atoms with Gasteiger partial charge in [0.15, 0.2) is 0 Å². The third-order valence-electron chi connectivity index (χ3n) is 2.75. The van der Waals surface area contributed by atoms with E-state index in [-0.39, 0.29) is 11.7 Å². The molecule has 0 radical (unpaired) electrons. The zero-order valence-electron chi connectivity index (χ0n) is 10.3. The van der Waals surface area contributed by atoms with Gasteiger partial charge in [-0.2, -0.15) is 0 Å². The fourth-order valence-corrected chi connectivity index (χ4v) is 1.70. The molecule has 19 heavy (non-hydrogen) atoms. The first-order valence-electron chi connectivity index (χ1n) is 5.77. The minimum Gasteiger partial charge on any atom is -0.356 e. The second-order valence-corrected chi connectivity index (χ2v) is 3.95. The summed E-state index contributed by atoms with van der Waals surface area (Å²) < 4.78 is 0. The summed E-state index contributed by atoms with van der Waals surface area (Å²) in [6.07, 6.45) is 7.52. The maximum Gasteiger partial charge on any atom is 0.270 e. The van der Waals surface area contributed by atoms with Crippen LogP contribution in [0.4, 0.5) is 11.5 Å². The second kappa shape index (κ2) is 5.31. The molecule has 0 aliphatic carbocycles. The highest BCUT2D eigenvalue weighted by atomic mass is 16.6. The number of benzene rings is 1. The number of nitro benzene ring substituents is 1. The van der Waals surface area contributed by atoms with Gasteiger partial charge in [0, 0.05) is 17.5 Å². The highest BCUT2D eigenvalue weighted by molar-refractivity contribution is 5.90. The number of nitro groups is 1. The van der Waals surface area contributed by atoms with E-state index in [2.05, 4.69) is 21.2 Å². The number of non-ortho nitro benzene ring substituents is 1. The van der Waals surface area contributed by atoms with Gasteiger partial charge in [-0.3, -0.25) is 10.1 Å². The van der Waals surface area contributed by atoms with Gasteiger partial charge >= 0.3 is 0 Å². The van der Waals surface area contributed by atoms with Crippen molar-refractivity contribution in [1.82, 2.24) is 9.97 Å². The van der Waals surface area contributed by atoms with Crippen LogP contribution in [0.2, 0.25) is 0 Å². The van der Waals surface area contributed by atoms with Crippen LogP contribution in [0.3, 0.4) is 0 Å². The van der Waals surface area contributed by atoms with Gasteiger partial charge in [-0.1, -0.05) is 12.8 Å². The predicted octanol–water partition coefficient (Wildman–Crippen LogP) is 2.36. The fraction of sp³-hybridized carbons (Fsp3) is 0.231. The number of hydrogen-bond donors (Lipinski definition) is 1. The van der Waals surface area contributed by atoms with Crippen molar-refractivity contribution in [2.24, 2.45) is 0 Å². The zero-order valence-corrected chi connectivity index (χ0v) is 10.3. The molecule has 0 spiro atoms. The molecule has 0 bridgehead atoms. The smallest absolute Gasteiger partial charge is 0.270 e. The van der Waals surface area contributed by atoms with E-state index < -0.39 is 4.92 Å². The van der Waals surface area contributed by atoms with E-state index in [1.54, 1.807) is 6.07 Å². The van der Waals surface area contributed by atoms with Crippen LogP contribution in [0.5, 0.6) is 0 Å². The van der Waals surface area contributed by atoms with E-state index in [0.717, 1.165) is 6.42 Å². The van der Waals surface area contributed by atoms with Crippen molar-refractivity contribution in [2.75, 3.05) is 5.32 Å². The first-order valence-corrected chi connectivity index (χ1v) is 5.77. The van der Waals surface area contributed by atoms with E-state index in [1.165, 1.54) is 18.5 Å². The molecular weight excluding hydrogens is 244 g/mol. The van der Waals surface area contributed by atoms with Crippen LogP contribution in [0.15, 0.2) is 24.5 Å². The highest BCUT2D eigenvalue weighted by Crippen LogP contribution is 2.24. The minimum absolute atomic E-state index is 0.000828. The molecule has 0 saturated heterocycles. The van der Waals surface area contributed by atoms with E-state index in [9.17, 15) is 10.1 Å². The number of rotatable bonds is 4. The van der Waals surface area contributed by atoms with Crippen LogP contribution in [0.25, 0.3) is 10.9 Å². The number of nitrogens with zero attached hydrogens (tertiary/aromatic N) is 3. The molecule has 1 atom stereocenters. The molecule has 0 aliphatic rings. The largest absolute Gasteiger partial charge is 0.356 e. The molecule has 1 unspecified atom stereocenters. The van der Waals surface area contributed by atoms with Gasteiger partial charge in [-0.05, 0) is 12.5 Å². The Balaban J connectivity index is 2.51. The van der Waals surface area contributed by atoms with Crippen LogP contribution in [-0.2, 0) is 0 Å². The molecule has 0 saturated carbocycles. The Kier molecular flexibility index (Phi) is 3.57. The summed E-state index contributed by atoms with van der Waals surface area (Å²) in [5, 5.41) is 14.5. The fourth-order valence-electron chi connectivity index (χ4n) is 1.70. The molecule has 1 N–H and O–H groups in total. The average molecular weight is 256 g/mol. The van der Waals surface area contributed by atoms with Crippen molar-refractivity contribution >= 4 is 22.4 Å². The van der Waals surface area contributed by atoms with Crippen LogP contribution in [0.1, 0.15) is 13.3 Å². The van der Waals surface area contributed by atoms with Crippen molar-refractivity contribution in [3.8, 4) is 12.3 Å². The molecule has 0 amide bonds. The van der Waals surface area contributed by atoms with Crippen LogP contribution < -0.4 is 5.32 Å². The van der Waals surface area contributed by atoms with Crippen molar-refractivity contribution in [3.63, 3.8) is 0 Å². The molecule has 6 nitrogen and oxygen atoms in total. The lowest BCUT2D eigenvalue weighted by atomic mass is 10.2. The number of hydrogen-bond acceptors (Lipinski definition) is 5.